The summed E-state index contributed by atoms with van der Waals surface area (Å²) in [6.45, 7) is 8.18. The van der Waals surface area contributed by atoms with Crippen LogP contribution in [-0.4, -0.2) is 43.0 Å². The maximum Gasteiger partial charge on any atom is 0.337 e. The molecule has 8 nitrogen and oxygen atoms in total. The standard InChI is InChI=1S/C39H34N4O4S/c1-21-17-28-36(48-37(42-28)25-8-6-7-23(18-25)24-9-11-29-26(19-24)20-41-43(29)5)33(31(21)35(38(44)45)47-39(2,3)4)27-10-12-30-32-22(14-16-46-30)13-15-40-34(27)32/h6-13,15,17-20,35H,14,16H2,1-5H3,(H,44,45)/t35-/m0/s1. The fraction of sp³-hybridized carbons (Fsp3) is 0.231. The third kappa shape index (κ3) is 5.10. The number of ether oxygens (including phenoxy) is 2. The first kappa shape index (κ1) is 30.2. The molecule has 0 unspecified atom stereocenters. The lowest BCUT2D eigenvalue weighted by atomic mass is 9.89. The summed E-state index contributed by atoms with van der Waals surface area (Å²) in [4.78, 5) is 23.0. The predicted octanol–water partition coefficient (Wildman–Crippen LogP) is 8.92. The normalized spacial score (nSPS) is 13.7. The smallest absolute Gasteiger partial charge is 0.337 e. The number of pyridine rings is 1. The van der Waals surface area contributed by atoms with Crippen LogP contribution in [0, 0.1) is 6.92 Å². The summed E-state index contributed by atoms with van der Waals surface area (Å²) >= 11 is 1.56. The number of benzene rings is 4. The quantitative estimate of drug-likeness (QED) is 0.191. The van der Waals surface area contributed by atoms with Crippen molar-refractivity contribution in [2.24, 2.45) is 7.05 Å². The third-order valence-corrected chi connectivity index (χ3v) is 10.1. The first-order valence-corrected chi connectivity index (χ1v) is 16.8. The van der Waals surface area contributed by atoms with Crippen molar-refractivity contribution in [3.8, 4) is 38.6 Å². The molecular formula is C39H34N4O4S. The van der Waals surface area contributed by atoms with Gasteiger partial charge in [0, 0.05) is 52.7 Å². The minimum atomic E-state index is -1.21. The number of carbonyl (C=O) groups is 1. The van der Waals surface area contributed by atoms with E-state index in [4.69, 9.17) is 19.4 Å². The molecule has 1 aliphatic heterocycles. The molecule has 0 radical (unpaired) electrons. The summed E-state index contributed by atoms with van der Waals surface area (Å²) in [5.41, 5.74) is 9.29. The van der Waals surface area contributed by atoms with Gasteiger partial charge >= 0.3 is 5.97 Å². The Morgan fingerprint density at radius 3 is 2.67 bits per heavy atom. The number of hydrogen-bond acceptors (Lipinski definition) is 7. The van der Waals surface area contributed by atoms with Crippen molar-refractivity contribution in [3.63, 3.8) is 0 Å². The Morgan fingerprint density at radius 2 is 1.85 bits per heavy atom. The molecular weight excluding hydrogens is 621 g/mol. The molecule has 1 atom stereocenters. The topological polar surface area (TPSA) is 99.4 Å². The first-order chi connectivity index (χ1) is 23.1. The van der Waals surface area contributed by atoms with Crippen molar-refractivity contribution in [3.05, 3.63) is 95.8 Å². The summed E-state index contributed by atoms with van der Waals surface area (Å²) in [7, 11) is 1.94. The summed E-state index contributed by atoms with van der Waals surface area (Å²) in [6.07, 6.45) is 3.29. The van der Waals surface area contributed by atoms with Crippen molar-refractivity contribution in [1.29, 1.82) is 0 Å². The molecule has 0 amide bonds. The van der Waals surface area contributed by atoms with Crippen LogP contribution in [0.15, 0.2) is 79.1 Å². The average Bonchev–Trinajstić information content (AvgIpc) is 3.66. The van der Waals surface area contributed by atoms with Crippen LogP contribution in [-0.2, 0) is 23.0 Å². The predicted molar refractivity (Wildman–Crippen MR) is 191 cm³/mol. The molecule has 0 fully saturated rings. The van der Waals surface area contributed by atoms with E-state index < -0.39 is 17.7 Å². The number of thiazole rings is 1. The van der Waals surface area contributed by atoms with Gasteiger partial charge in [-0.05, 0) is 92.4 Å². The number of hydrogen-bond donors (Lipinski definition) is 1. The van der Waals surface area contributed by atoms with Crippen LogP contribution in [0.3, 0.4) is 0 Å². The number of carboxylic acids is 1. The van der Waals surface area contributed by atoms with Crippen molar-refractivity contribution in [2.45, 2.75) is 45.8 Å². The fourth-order valence-corrected chi connectivity index (χ4v) is 7.92. The van der Waals surface area contributed by atoms with E-state index in [1.54, 1.807) is 11.3 Å². The molecule has 1 aliphatic rings. The van der Waals surface area contributed by atoms with Gasteiger partial charge in [-0.1, -0.05) is 24.3 Å². The summed E-state index contributed by atoms with van der Waals surface area (Å²) in [6, 6.07) is 22.8. The van der Waals surface area contributed by atoms with Gasteiger partial charge in [0.05, 0.1) is 39.7 Å². The van der Waals surface area contributed by atoms with Gasteiger partial charge in [-0.25, -0.2) is 9.78 Å². The minimum absolute atomic E-state index is 0.609. The molecule has 240 valence electrons. The van der Waals surface area contributed by atoms with Crippen LogP contribution in [0.25, 0.3) is 64.8 Å². The molecule has 8 rings (SSSR count). The van der Waals surface area contributed by atoms with Gasteiger partial charge in [0.25, 0.3) is 0 Å². The van der Waals surface area contributed by atoms with Crippen LogP contribution in [0.5, 0.6) is 5.75 Å². The highest BCUT2D eigenvalue weighted by Crippen LogP contribution is 2.47. The second-order valence-corrected chi connectivity index (χ2v) is 14.3. The molecule has 0 spiro atoms. The molecule has 0 saturated heterocycles. The first-order valence-electron chi connectivity index (χ1n) is 16.0. The van der Waals surface area contributed by atoms with E-state index in [0.29, 0.717) is 12.2 Å². The molecule has 48 heavy (non-hydrogen) atoms. The van der Waals surface area contributed by atoms with Gasteiger partial charge in [-0.15, -0.1) is 11.3 Å². The number of aryl methyl sites for hydroxylation is 2. The van der Waals surface area contributed by atoms with E-state index >= 15 is 0 Å². The van der Waals surface area contributed by atoms with Gasteiger partial charge < -0.3 is 14.6 Å². The molecule has 3 aromatic heterocycles. The highest BCUT2D eigenvalue weighted by atomic mass is 32.1. The second-order valence-electron chi connectivity index (χ2n) is 13.3. The zero-order valence-electron chi connectivity index (χ0n) is 27.4. The summed E-state index contributed by atoms with van der Waals surface area (Å²) in [5, 5.41) is 17.9. The zero-order valence-corrected chi connectivity index (χ0v) is 28.2. The lowest BCUT2D eigenvalue weighted by Gasteiger charge is -2.28. The molecule has 0 bridgehead atoms. The van der Waals surface area contributed by atoms with Gasteiger partial charge in [0.15, 0.2) is 6.10 Å². The summed E-state index contributed by atoms with van der Waals surface area (Å²) < 4.78 is 15.1. The van der Waals surface area contributed by atoms with E-state index in [0.717, 1.165) is 82.6 Å². The van der Waals surface area contributed by atoms with Gasteiger partial charge in [-0.3, -0.25) is 9.67 Å². The van der Waals surface area contributed by atoms with E-state index in [-0.39, 0.29) is 0 Å². The molecule has 1 N–H and O–H groups in total. The molecule has 7 aromatic rings. The van der Waals surface area contributed by atoms with Crippen molar-refractivity contribution >= 4 is 49.3 Å². The molecule has 4 heterocycles. The monoisotopic (exact) mass is 654 g/mol. The van der Waals surface area contributed by atoms with E-state index in [2.05, 4.69) is 47.6 Å². The summed E-state index contributed by atoms with van der Waals surface area (Å²) in [5.74, 6) is -0.253. The molecule has 4 aromatic carbocycles. The van der Waals surface area contributed by atoms with Crippen LogP contribution in [0.4, 0.5) is 0 Å². The fourth-order valence-electron chi connectivity index (χ4n) is 6.80. The Hall–Kier alpha value is -5.12. The number of fused-ring (bicyclic) bond motifs is 2. The molecule has 0 saturated carbocycles. The lowest BCUT2D eigenvalue weighted by molar-refractivity contribution is -0.160. The highest BCUT2D eigenvalue weighted by Gasteiger charge is 2.33. The SMILES string of the molecule is Cc1cc2nc(-c3cccc(-c4ccc5c(cnn5C)c4)c3)sc2c(-c2ccc3c4c(ccnc24)CCO3)c1[C@H](OC(C)(C)C)C(=O)O. The molecule has 0 aliphatic carbocycles. The maximum atomic E-state index is 13.0. The van der Waals surface area contributed by atoms with E-state index in [9.17, 15) is 9.90 Å². The van der Waals surface area contributed by atoms with Crippen molar-refractivity contribution < 1.29 is 19.4 Å². The van der Waals surface area contributed by atoms with Crippen LogP contribution >= 0.6 is 11.3 Å². The Morgan fingerprint density at radius 1 is 1.04 bits per heavy atom. The van der Waals surface area contributed by atoms with Gasteiger partial charge in [-0.2, -0.15) is 5.10 Å². The number of aromatic nitrogens is 4. The van der Waals surface area contributed by atoms with Gasteiger partial charge in [0.2, 0.25) is 0 Å². The largest absolute Gasteiger partial charge is 0.493 e. The van der Waals surface area contributed by atoms with Crippen molar-refractivity contribution in [1.82, 2.24) is 19.7 Å². The lowest BCUT2D eigenvalue weighted by Crippen LogP contribution is -2.28. The second kappa shape index (κ2) is 11.2. The Kier molecular flexibility index (Phi) is 7.08. The number of carboxylic acid groups (broad SMARTS) is 1. The van der Waals surface area contributed by atoms with Crippen LogP contribution in [0.2, 0.25) is 0 Å². The van der Waals surface area contributed by atoms with E-state index in [1.807, 2.05) is 76.1 Å². The maximum absolute atomic E-state index is 13.0. The average molecular weight is 655 g/mol. The highest BCUT2D eigenvalue weighted by molar-refractivity contribution is 7.22. The molecule has 9 heteroatoms. The number of rotatable bonds is 6. The third-order valence-electron chi connectivity index (χ3n) is 8.91. The Bertz CT molecular complexity index is 2410. The minimum Gasteiger partial charge on any atom is -0.493 e. The number of aliphatic carboxylic acids is 1. The Labute approximate surface area is 281 Å². The Balaban J connectivity index is 1.36. The van der Waals surface area contributed by atoms with Crippen molar-refractivity contribution in [2.75, 3.05) is 6.61 Å². The number of nitrogens with zero attached hydrogens (tertiary/aromatic N) is 4. The van der Waals surface area contributed by atoms with E-state index in [1.165, 1.54) is 5.56 Å². The van der Waals surface area contributed by atoms with Crippen LogP contribution < -0.4 is 4.74 Å². The van der Waals surface area contributed by atoms with Gasteiger partial charge in [0.1, 0.15) is 10.8 Å². The zero-order chi connectivity index (χ0) is 33.3. The van der Waals surface area contributed by atoms with Crippen LogP contribution in [0.1, 0.15) is 43.6 Å².